The Balaban J connectivity index is 2.11. The molecule has 0 bridgehead atoms. The van der Waals surface area contributed by atoms with Crippen LogP contribution in [0.2, 0.25) is 5.02 Å². The highest BCUT2D eigenvalue weighted by molar-refractivity contribution is 6.31. The van der Waals surface area contributed by atoms with Crippen LogP contribution in [0.1, 0.15) is 32.8 Å². The molecule has 0 radical (unpaired) electrons. The van der Waals surface area contributed by atoms with Crippen molar-refractivity contribution in [3.8, 4) is 0 Å². The zero-order valence-corrected chi connectivity index (χ0v) is 14.5. The van der Waals surface area contributed by atoms with Crippen molar-refractivity contribution < 1.29 is 0 Å². The quantitative estimate of drug-likeness (QED) is 0.920. The Labute approximate surface area is 134 Å². The number of nitrogens with zero attached hydrogens (tertiary/aromatic N) is 2. The third-order valence-corrected chi connectivity index (χ3v) is 4.47. The molecule has 0 spiro atoms. The molecule has 2 rings (SSSR count). The molecule has 21 heavy (non-hydrogen) atoms. The van der Waals surface area contributed by atoms with Gasteiger partial charge in [0.15, 0.2) is 0 Å². The molecule has 3 nitrogen and oxygen atoms in total. The molecule has 1 aromatic carbocycles. The topological polar surface area (TPSA) is 18.5 Å². The molecule has 1 unspecified atom stereocenters. The van der Waals surface area contributed by atoms with E-state index in [4.69, 9.17) is 11.6 Å². The maximum Gasteiger partial charge on any atom is 0.0471 e. The smallest absolute Gasteiger partial charge is 0.0471 e. The van der Waals surface area contributed by atoms with E-state index in [1.807, 2.05) is 0 Å². The van der Waals surface area contributed by atoms with Gasteiger partial charge in [-0.25, -0.2) is 0 Å². The van der Waals surface area contributed by atoms with Crippen LogP contribution in [0.3, 0.4) is 0 Å². The Morgan fingerprint density at radius 1 is 1.33 bits per heavy atom. The lowest BCUT2D eigenvalue weighted by Gasteiger charge is -2.30. The van der Waals surface area contributed by atoms with E-state index in [0.717, 1.165) is 24.7 Å². The van der Waals surface area contributed by atoms with Crippen LogP contribution in [-0.4, -0.2) is 43.7 Å². The van der Waals surface area contributed by atoms with E-state index in [-0.39, 0.29) is 0 Å². The van der Waals surface area contributed by atoms with E-state index >= 15 is 0 Å². The van der Waals surface area contributed by atoms with Crippen molar-refractivity contribution in [3.63, 3.8) is 0 Å². The van der Waals surface area contributed by atoms with Crippen molar-refractivity contribution in [2.45, 2.75) is 45.8 Å². The van der Waals surface area contributed by atoms with Gasteiger partial charge in [0.2, 0.25) is 0 Å². The summed E-state index contributed by atoms with van der Waals surface area (Å²) in [6.45, 7) is 10.8. The number of hydrogen-bond acceptors (Lipinski definition) is 3. The van der Waals surface area contributed by atoms with E-state index in [0.29, 0.717) is 12.1 Å². The summed E-state index contributed by atoms with van der Waals surface area (Å²) in [7, 11) is 2.20. The molecule has 1 N–H and O–H groups in total. The lowest BCUT2D eigenvalue weighted by Crippen LogP contribution is -2.37. The van der Waals surface area contributed by atoms with Crippen LogP contribution in [0.25, 0.3) is 0 Å². The Morgan fingerprint density at radius 2 is 2.10 bits per heavy atom. The van der Waals surface area contributed by atoms with Gasteiger partial charge in [0.25, 0.3) is 0 Å². The lowest BCUT2D eigenvalue weighted by atomic mass is 10.1. The van der Waals surface area contributed by atoms with Crippen molar-refractivity contribution in [2.75, 3.05) is 31.6 Å². The zero-order valence-electron chi connectivity index (χ0n) is 13.7. The van der Waals surface area contributed by atoms with Gasteiger partial charge in [-0.3, -0.25) is 0 Å². The van der Waals surface area contributed by atoms with Crippen LogP contribution < -0.4 is 10.2 Å². The van der Waals surface area contributed by atoms with Crippen molar-refractivity contribution in [1.29, 1.82) is 0 Å². The summed E-state index contributed by atoms with van der Waals surface area (Å²) in [6.07, 6.45) is 1.20. The average molecular weight is 310 g/mol. The Kier molecular flexibility index (Phi) is 5.91. The maximum atomic E-state index is 6.47. The second-order valence-electron chi connectivity index (χ2n) is 6.47. The SMILES string of the molecule is CC(C)NCc1ccc(N2CCCN(C)CC2C)cc1Cl. The predicted molar refractivity (Wildman–Crippen MR) is 92.3 cm³/mol. The van der Waals surface area contributed by atoms with Crippen LogP contribution in [0, 0.1) is 0 Å². The summed E-state index contributed by atoms with van der Waals surface area (Å²) >= 11 is 6.47. The third kappa shape index (κ3) is 4.60. The normalized spacial score (nSPS) is 20.9. The van der Waals surface area contributed by atoms with Gasteiger partial charge < -0.3 is 15.1 Å². The molecule has 1 fully saturated rings. The Hall–Kier alpha value is -0.770. The summed E-state index contributed by atoms with van der Waals surface area (Å²) in [5, 5.41) is 4.29. The zero-order chi connectivity index (χ0) is 15.4. The molecule has 118 valence electrons. The highest BCUT2D eigenvalue weighted by Gasteiger charge is 2.20. The number of nitrogens with one attached hydrogen (secondary N) is 1. The molecular formula is C17H28ClN3. The molecule has 0 amide bonds. The fraction of sp³-hybridized carbons (Fsp3) is 0.647. The molecule has 0 aliphatic carbocycles. The predicted octanol–water partition coefficient (Wildman–Crippen LogP) is 3.37. The lowest BCUT2D eigenvalue weighted by molar-refractivity contribution is 0.337. The van der Waals surface area contributed by atoms with Gasteiger partial charge >= 0.3 is 0 Å². The van der Waals surface area contributed by atoms with Crippen LogP contribution in [0.15, 0.2) is 18.2 Å². The largest absolute Gasteiger partial charge is 0.367 e. The summed E-state index contributed by atoms with van der Waals surface area (Å²) < 4.78 is 0. The molecular weight excluding hydrogens is 282 g/mol. The first-order valence-corrected chi connectivity index (χ1v) is 8.32. The molecule has 1 aliphatic heterocycles. The second-order valence-corrected chi connectivity index (χ2v) is 6.88. The summed E-state index contributed by atoms with van der Waals surface area (Å²) in [6, 6.07) is 7.50. The maximum absolute atomic E-state index is 6.47. The summed E-state index contributed by atoms with van der Waals surface area (Å²) in [5.74, 6) is 0. The van der Waals surface area contributed by atoms with Crippen LogP contribution in [0.4, 0.5) is 5.69 Å². The van der Waals surface area contributed by atoms with Gasteiger partial charge in [-0.2, -0.15) is 0 Å². The van der Waals surface area contributed by atoms with Gasteiger partial charge in [-0.15, -0.1) is 0 Å². The molecule has 1 heterocycles. The minimum atomic E-state index is 0.474. The first-order valence-electron chi connectivity index (χ1n) is 7.94. The monoisotopic (exact) mass is 309 g/mol. The first kappa shape index (κ1) is 16.6. The molecule has 4 heteroatoms. The van der Waals surface area contributed by atoms with Crippen molar-refractivity contribution in [2.24, 2.45) is 0 Å². The van der Waals surface area contributed by atoms with Crippen molar-refractivity contribution in [3.05, 3.63) is 28.8 Å². The molecule has 0 saturated carbocycles. The van der Waals surface area contributed by atoms with Crippen LogP contribution in [-0.2, 0) is 6.54 Å². The van der Waals surface area contributed by atoms with Gasteiger partial charge in [-0.05, 0) is 44.6 Å². The Morgan fingerprint density at radius 3 is 2.76 bits per heavy atom. The summed E-state index contributed by atoms with van der Waals surface area (Å²) in [5.41, 5.74) is 2.42. The highest BCUT2D eigenvalue weighted by Crippen LogP contribution is 2.26. The number of benzene rings is 1. The standard InChI is InChI=1S/C17H28ClN3/c1-13(2)19-11-15-6-7-16(10-17(15)18)21-9-5-8-20(4)12-14(21)3/h6-7,10,13-14,19H,5,8-9,11-12H2,1-4H3. The number of hydrogen-bond donors (Lipinski definition) is 1. The van der Waals surface area contributed by atoms with Gasteiger partial charge in [-0.1, -0.05) is 31.5 Å². The van der Waals surface area contributed by atoms with Gasteiger partial charge in [0.05, 0.1) is 0 Å². The average Bonchev–Trinajstić information content (AvgIpc) is 2.57. The number of rotatable bonds is 4. The van der Waals surface area contributed by atoms with E-state index in [1.165, 1.54) is 24.2 Å². The van der Waals surface area contributed by atoms with Crippen LogP contribution >= 0.6 is 11.6 Å². The number of halogens is 1. The summed E-state index contributed by atoms with van der Waals surface area (Å²) in [4.78, 5) is 4.89. The third-order valence-electron chi connectivity index (χ3n) is 4.12. The van der Waals surface area contributed by atoms with E-state index in [2.05, 4.69) is 61.1 Å². The molecule has 1 atom stereocenters. The molecule has 0 aromatic heterocycles. The molecule has 1 aliphatic rings. The minimum Gasteiger partial charge on any atom is -0.367 e. The second kappa shape index (κ2) is 7.48. The molecule has 1 saturated heterocycles. The van der Waals surface area contributed by atoms with E-state index in [1.54, 1.807) is 0 Å². The number of anilines is 1. The fourth-order valence-corrected chi connectivity index (χ4v) is 3.17. The van der Waals surface area contributed by atoms with E-state index in [9.17, 15) is 0 Å². The van der Waals surface area contributed by atoms with E-state index < -0.39 is 0 Å². The molecule has 1 aromatic rings. The first-order chi connectivity index (χ1) is 9.97. The highest BCUT2D eigenvalue weighted by atomic mass is 35.5. The van der Waals surface area contributed by atoms with Crippen LogP contribution in [0.5, 0.6) is 0 Å². The fourth-order valence-electron chi connectivity index (χ4n) is 2.93. The Bertz CT molecular complexity index is 461. The van der Waals surface area contributed by atoms with Crippen molar-refractivity contribution in [1.82, 2.24) is 10.2 Å². The number of likely N-dealkylation sites (N-methyl/N-ethyl adjacent to an activating group) is 1. The van der Waals surface area contributed by atoms with Crippen molar-refractivity contribution >= 4 is 17.3 Å². The van der Waals surface area contributed by atoms with Gasteiger partial charge in [0, 0.05) is 42.4 Å². The van der Waals surface area contributed by atoms with Gasteiger partial charge in [0.1, 0.15) is 0 Å². The minimum absolute atomic E-state index is 0.474.